The number of hydrogen-bond donors (Lipinski definition) is 2. The van der Waals surface area contributed by atoms with E-state index in [-0.39, 0.29) is 17.5 Å². The molecule has 0 aliphatic heterocycles. The van der Waals surface area contributed by atoms with Crippen LogP contribution in [0.4, 0.5) is 30.8 Å². The Balaban J connectivity index is 1.85. The zero-order chi connectivity index (χ0) is 18.8. The van der Waals surface area contributed by atoms with Gasteiger partial charge in [0.05, 0.1) is 24.3 Å². The fourth-order valence-corrected chi connectivity index (χ4v) is 2.34. The minimum absolute atomic E-state index is 0.0466. The molecule has 2 N–H and O–H groups in total. The average Bonchev–Trinajstić information content (AvgIpc) is 2.97. The molecule has 3 aromatic heterocycles. The molecule has 136 valence electrons. The van der Waals surface area contributed by atoms with Crippen LogP contribution in [0.25, 0.3) is 0 Å². The van der Waals surface area contributed by atoms with Crippen molar-refractivity contribution in [3.63, 3.8) is 0 Å². The zero-order valence-corrected chi connectivity index (χ0v) is 14.4. The maximum atomic E-state index is 14.1. The Kier molecular flexibility index (Phi) is 4.94. The van der Waals surface area contributed by atoms with Gasteiger partial charge in [0.1, 0.15) is 17.5 Å². The molecule has 1 atom stereocenters. The molecule has 3 aromatic rings. The summed E-state index contributed by atoms with van der Waals surface area (Å²) in [6.45, 7) is 1.57. The number of pyridine rings is 1. The van der Waals surface area contributed by atoms with Crippen LogP contribution in [0, 0.1) is 17.5 Å². The van der Waals surface area contributed by atoms with Gasteiger partial charge >= 0.3 is 0 Å². The lowest BCUT2D eigenvalue weighted by Crippen LogP contribution is -2.14. The first kappa shape index (κ1) is 17.9. The highest BCUT2D eigenvalue weighted by Crippen LogP contribution is 2.25. The summed E-state index contributed by atoms with van der Waals surface area (Å²) in [5.74, 6) is -2.39. The molecule has 0 aliphatic carbocycles. The number of imidazole rings is 1. The van der Waals surface area contributed by atoms with Gasteiger partial charge in [-0.2, -0.15) is 14.4 Å². The van der Waals surface area contributed by atoms with Gasteiger partial charge in [-0.15, -0.1) is 0 Å². The van der Waals surface area contributed by atoms with Crippen molar-refractivity contribution >= 4 is 29.2 Å². The van der Waals surface area contributed by atoms with E-state index in [1.165, 1.54) is 6.33 Å². The maximum absolute atomic E-state index is 14.1. The Morgan fingerprint density at radius 1 is 1.19 bits per heavy atom. The van der Waals surface area contributed by atoms with Crippen molar-refractivity contribution in [3.05, 3.63) is 53.1 Å². The highest BCUT2D eigenvalue weighted by atomic mass is 35.5. The van der Waals surface area contributed by atoms with E-state index in [1.807, 2.05) is 0 Å². The smallest absolute Gasteiger partial charge is 0.226 e. The monoisotopic (exact) mass is 383 g/mol. The Morgan fingerprint density at radius 3 is 2.62 bits per heavy atom. The topological polar surface area (TPSA) is 80.5 Å². The second-order valence-corrected chi connectivity index (χ2v) is 5.79. The summed E-state index contributed by atoms with van der Waals surface area (Å²) >= 11 is 5.80. The number of hydrogen-bond acceptors (Lipinski definition) is 6. The molecule has 3 rings (SSSR count). The molecule has 0 aliphatic rings. The van der Waals surface area contributed by atoms with Gasteiger partial charge in [-0.3, -0.25) is 4.98 Å². The summed E-state index contributed by atoms with van der Waals surface area (Å²) < 4.78 is 42.6. The van der Waals surface area contributed by atoms with Crippen LogP contribution in [0.5, 0.6) is 0 Å². The molecule has 0 bridgehead atoms. The van der Waals surface area contributed by atoms with Crippen LogP contribution in [0.3, 0.4) is 0 Å². The van der Waals surface area contributed by atoms with Gasteiger partial charge in [0.15, 0.2) is 11.0 Å². The molecule has 0 aromatic carbocycles. The summed E-state index contributed by atoms with van der Waals surface area (Å²) in [6, 6.07) is -0.00704. The number of nitrogens with one attached hydrogen (secondary N) is 2. The van der Waals surface area contributed by atoms with E-state index >= 15 is 0 Å². The summed E-state index contributed by atoms with van der Waals surface area (Å²) in [5.41, 5.74) is -0.0466. The number of nitrogens with zero attached hydrogens (tertiary/aromatic N) is 5. The number of halogens is 4. The largest absolute Gasteiger partial charge is 0.346 e. The number of anilines is 3. The van der Waals surface area contributed by atoms with Gasteiger partial charge in [-0.1, -0.05) is 11.6 Å². The van der Waals surface area contributed by atoms with E-state index in [4.69, 9.17) is 11.6 Å². The Bertz CT molecular complexity index is 947. The van der Waals surface area contributed by atoms with Crippen molar-refractivity contribution in [2.24, 2.45) is 7.05 Å². The molecule has 0 saturated carbocycles. The molecule has 0 spiro atoms. The normalized spacial score (nSPS) is 12.1. The van der Waals surface area contributed by atoms with Crippen molar-refractivity contribution < 1.29 is 13.2 Å². The van der Waals surface area contributed by atoms with E-state index < -0.39 is 28.6 Å². The minimum atomic E-state index is -0.860. The molecule has 0 fully saturated rings. The lowest BCUT2D eigenvalue weighted by atomic mass is 10.2. The van der Waals surface area contributed by atoms with E-state index in [9.17, 15) is 13.2 Å². The van der Waals surface area contributed by atoms with Crippen LogP contribution < -0.4 is 10.6 Å². The molecule has 0 amide bonds. The van der Waals surface area contributed by atoms with Crippen LogP contribution in [0.1, 0.15) is 18.7 Å². The molecule has 26 heavy (non-hydrogen) atoms. The van der Waals surface area contributed by atoms with Gasteiger partial charge in [0.25, 0.3) is 0 Å². The maximum Gasteiger partial charge on any atom is 0.226 e. The SMILES string of the molecule is C[C@@H](Nc1nc(Cl)c(F)c(Nc2cn(C)cn2)n1)c1ncc(F)cc1F. The van der Waals surface area contributed by atoms with E-state index in [0.29, 0.717) is 11.9 Å². The molecule has 3 heterocycles. The number of aryl methyl sites for hydroxylation is 1. The first-order valence-electron chi connectivity index (χ1n) is 7.39. The number of rotatable bonds is 5. The molecule has 0 radical (unpaired) electrons. The van der Waals surface area contributed by atoms with E-state index in [2.05, 4.69) is 30.6 Å². The average molecular weight is 384 g/mol. The Labute approximate surface area is 151 Å². The number of aromatic nitrogens is 5. The fourth-order valence-electron chi connectivity index (χ4n) is 2.17. The van der Waals surface area contributed by atoms with Crippen LogP contribution in [0.2, 0.25) is 5.15 Å². The predicted molar refractivity (Wildman–Crippen MR) is 89.7 cm³/mol. The molecular formula is C15H13ClF3N7. The van der Waals surface area contributed by atoms with Gasteiger partial charge < -0.3 is 15.2 Å². The fraction of sp³-hybridized carbons (Fsp3) is 0.200. The third-order valence-corrected chi connectivity index (χ3v) is 3.60. The first-order valence-corrected chi connectivity index (χ1v) is 7.76. The zero-order valence-electron chi connectivity index (χ0n) is 13.6. The van der Waals surface area contributed by atoms with Crippen molar-refractivity contribution in [3.8, 4) is 0 Å². The molecule has 7 nitrogen and oxygen atoms in total. The Morgan fingerprint density at radius 2 is 1.96 bits per heavy atom. The highest BCUT2D eigenvalue weighted by Gasteiger charge is 2.18. The summed E-state index contributed by atoms with van der Waals surface area (Å²) in [4.78, 5) is 15.5. The molecule has 0 unspecified atom stereocenters. The van der Waals surface area contributed by atoms with Crippen molar-refractivity contribution in [2.45, 2.75) is 13.0 Å². The van der Waals surface area contributed by atoms with Crippen LogP contribution in [-0.4, -0.2) is 24.5 Å². The quantitative estimate of drug-likeness (QED) is 0.655. The third kappa shape index (κ3) is 3.85. The molecule has 11 heteroatoms. The highest BCUT2D eigenvalue weighted by molar-refractivity contribution is 6.29. The van der Waals surface area contributed by atoms with Crippen molar-refractivity contribution in [1.82, 2.24) is 24.5 Å². The van der Waals surface area contributed by atoms with Crippen LogP contribution >= 0.6 is 11.6 Å². The summed E-state index contributed by atoms with van der Waals surface area (Å²) in [5, 5.41) is 5.01. The van der Waals surface area contributed by atoms with Gasteiger partial charge in [0, 0.05) is 19.3 Å². The van der Waals surface area contributed by atoms with Crippen molar-refractivity contribution in [1.29, 1.82) is 0 Å². The molecule has 0 saturated heterocycles. The van der Waals surface area contributed by atoms with E-state index in [1.54, 1.807) is 24.7 Å². The second-order valence-electron chi connectivity index (χ2n) is 5.44. The summed E-state index contributed by atoms with van der Waals surface area (Å²) in [6.07, 6.45) is 4.03. The van der Waals surface area contributed by atoms with Gasteiger partial charge in [-0.05, 0) is 6.92 Å². The third-order valence-electron chi connectivity index (χ3n) is 3.35. The van der Waals surface area contributed by atoms with Crippen LogP contribution in [0.15, 0.2) is 24.8 Å². The first-order chi connectivity index (χ1) is 12.3. The minimum Gasteiger partial charge on any atom is -0.346 e. The van der Waals surface area contributed by atoms with Gasteiger partial charge in [0.2, 0.25) is 11.8 Å². The van der Waals surface area contributed by atoms with Crippen molar-refractivity contribution in [2.75, 3.05) is 10.6 Å². The molecular weight excluding hydrogens is 371 g/mol. The lowest BCUT2D eigenvalue weighted by molar-refractivity contribution is 0.549. The summed E-state index contributed by atoms with van der Waals surface area (Å²) in [7, 11) is 1.75. The van der Waals surface area contributed by atoms with E-state index in [0.717, 1.165) is 6.20 Å². The van der Waals surface area contributed by atoms with Gasteiger partial charge in [-0.25, -0.2) is 13.8 Å². The second kappa shape index (κ2) is 7.16. The predicted octanol–water partition coefficient (Wildman–Crippen LogP) is 3.59. The Hall–Kier alpha value is -2.88. The standard InChI is InChI=1S/C15H13ClF3N7/c1-7(12-9(18)3-8(17)4-20-12)22-15-24-13(16)11(19)14(25-15)23-10-5-26(2)6-21-10/h3-7H,1-2H3,(H2,22,23,24,25)/t7-/m1/s1. The van der Waals surface area contributed by atoms with Crippen LogP contribution in [-0.2, 0) is 7.05 Å². The lowest BCUT2D eigenvalue weighted by Gasteiger charge is -2.15.